The van der Waals surface area contributed by atoms with Crippen LogP contribution >= 0.6 is 0 Å². The Balaban J connectivity index is 1.39. The third kappa shape index (κ3) is 5.00. The zero-order valence-corrected chi connectivity index (χ0v) is 16.3. The van der Waals surface area contributed by atoms with E-state index in [0.29, 0.717) is 11.3 Å². The molecule has 1 saturated heterocycles. The molecule has 2 aromatic carbocycles. The maximum Gasteiger partial charge on any atom is 0.251 e. The van der Waals surface area contributed by atoms with E-state index in [9.17, 15) is 9.90 Å². The van der Waals surface area contributed by atoms with Crippen molar-refractivity contribution in [2.75, 3.05) is 13.1 Å². The first kappa shape index (κ1) is 19.2. The van der Waals surface area contributed by atoms with Crippen molar-refractivity contribution >= 4 is 5.91 Å². The van der Waals surface area contributed by atoms with Gasteiger partial charge in [-0.25, -0.2) is 0 Å². The summed E-state index contributed by atoms with van der Waals surface area (Å²) >= 11 is 0. The van der Waals surface area contributed by atoms with Crippen molar-refractivity contribution in [1.29, 1.82) is 0 Å². The second-order valence-corrected chi connectivity index (χ2v) is 7.53. The monoisotopic (exact) mass is 387 g/mol. The first-order chi connectivity index (χ1) is 14.2. The van der Waals surface area contributed by atoms with Crippen molar-refractivity contribution in [2.45, 2.75) is 25.4 Å². The predicted octanol–water partition coefficient (Wildman–Crippen LogP) is 3.85. The predicted molar refractivity (Wildman–Crippen MR) is 114 cm³/mol. The van der Waals surface area contributed by atoms with E-state index in [1.54, 1.807) is 24.5 Å². The van der Waals surface area contributed by atoms with Crippen LogP contribution in [-0.4, -0.2) is 40.0 Å². The molecular formula is C24H25N3O2. The molecule has 5 heteroatoms. The second-order valence-electron chi connectivity index (χ2n) is 7.53. The number of nitrogens with zero attached hydrogens (tertiary/aromatic N) is 2. The first-order valence-electron chi connectivity index (χ1n) is 9.99. The van der Waals surface area contributed by atoms with Crippen LogP contribution in [0.25, 0.3) is 11.1 Å². The van der Waals surface area contributed by atoms with Gasteiger partial charge in [0.1, 0.15) is 5.75 Å². The van der Waals surface area contributed by atoms with E-state index >= 15 is 0 Å². The van der Waals surface area contributed by atoms with Gasteiger partial charge in [-0.1, -0.05) is 24.3 Å². The zero-order valence-electron chi connectivity index (χ0n) is 16.3. The highest BCUT2D eigenvalue weighted by Gasteiger charge is 2.22. The molecule has 1 aliphatic heterocycles. The number of hydrogen-bond donors (Lipinski definition) is 2. The number of likely N-dealkylation sites (tertiary alicyclic amines) is 1. The summed E-state index contributed by atoms with van der Waals surface area (Å²) in [6.45, 7) is 2.59. The average Bonchev–Trinajstić information content (AvgIpc) is 2.75. The van der Waals surface area contributed by atoms with E-state index in [1.165, 1.54) is 0 Å². The number of piperidine rings is 1. The van der Waals surface area contributed by atoms with Crippen molar-refractivity contribution in [3.8, 4) is 16.9 Å². The second kappa shape index (κ2) is 8.88. The lowest BCUT2D eigenvalue weighted by Gasteiger charge is -2.33. The summed E-state index contributed by atoms with van der Waals surface area (Å²) in [4.78, 5) is 19.2. The van der Waals surface area contributed by atoms with Gasteiger partial charge < -0.3 is 10.4 Å². The van der Waals surface area contributed by atoms with Crippen molar-refractivity contribution in [1.82, 2.24) is 15.2 Å². The SMILES string of the molecule is O=C(N[C@@H]1CCCN(Cc2cccc(O)c2)C1)c1cccc(-c2ccncc2)c1. The van der Waals surface area contributed by atoms with E-state index in [0.717, 1.165) is 49.2 Å². The molecule has 0 spiro atoms. The van der Waals surface area contributed by atoms with Gasteiger partial charge in [-0.2, -0.15) is 0 Å². The Morgan fingerprint density at radius 2 is 1.90 bits per heavy atom. The molecule has 0 bridgehead atoms. The van der Waals surface area contributed by atoms with Crippen molar-refractivity contribution in [3.63, 3.8) is 0 Å². The molecule has 0 saturated carbocycles. The highest BCUT2D eigenvalue weighted by Crippen LogP contribution is 2.20. The quantitative estimate of drug-likeness (QED) is 0.698. The standard InChI is InChI=1S/C24H25N3O2/c28-23-8-1-4-18(14-23)16-27-13-3-7-22(17-27)26-24(29)21-6-2-5-20(15-21)19-9-11-25-12-10-19/h1-2,4-6,8-12,14-15,22,28H,3,7,13,16-17H2,(H,26,29)/t22-/m1/s1. The van der Waals surface area contributed by atoms with Gasteiger partial charge in [-0.05, 0) is 72.5 Å². The molecular weight excluding hydrogens is 362 g/mol. The average molecular weight is 387 g/mol. The lowest BCUT2D eigenvalue weighted by Crippen LogP contribution is -2.47. The molecule has 29 heavy (non-hydrogen) atoms. The summed E-state index contributed by atoms with van der Waals surface area (Å²) in [6, 6.07) is 19.1. The highest BCUT2D eigenvalue weighted by atomic mass is 16.3. The summed E-state index contributed by atoms with van der Waals surface area (Å²) in [5, 5.41) is 12.9. The lowest BCUT2D eigenvalue weighted by molar-refractivity contribution is 0.0901. The van der Waals surface area contributed by atoms with Crippen LogP contribution in [0.3, 0.4) is 0 Å². The first-order valence-corrected chi connectivity index (χ1v) is 9.99. The molecule has 3 aromatic rings. The van der Waals surface area contributed by atoms with Gasteiger partial charge in [0.2, 0.25) is 0 Å². The molecule has 2 N–H and O–H groups in total. The number of phenols is 1. The number of amides is 1. The summed E-state index contributed by atoms with van der Waals surface area (Å²) in [5.41, 5.74) is 3.81. The van der Waals surface area contributed by atoms with Gasteiger partial charge >= 0.3 is 0 Å². The van der Waals surface area contributed by atoms with Gasteiger partial charge in [0.05, 0.1) is 0 Å². The topological polar surface area (TPSA) is 65.5 Å². The van der Waals surface area contributed by atoms with E-state index < -0.39 is 0 Å². The number of benzene rings is 2. The van der Waals surface area contributed by atoms with Crippen molar-refractivity contribution < 1.29 is 9.90 Å². The Kier molecular flexibility index (Phi) is 5.86. The van der Waals surface area contributed by atoms with Crippen LogP contribution in [0.4, 0.5) is 0 Å². The van der Waals surface area contributed by atoms with Crippen LogP contribution in [0.2, 0.25) is 0 Å². The van der Waals surface area contributed by atoms with Crippen LogP contribution in [0, 0.1) is 0 Å². The molecule has 2 heterocycles. The van der Waals surface area contributed by atoms with Gasteiger partial charge in [-0.15, -0.1) is 0 Å². The number of phenolic OH excluding ortho intramolecular Hbond substituents is 1. The number of carbonyl (C=O) groups is 1. The third-order valence-electron chi connectivity index (χ3n) is 5.30. The van der Waals surface area contributed by atoms with Crippen molar-refractivity contribution in [2.24, 2.45) is 0 Å². The number of nitrogens with one attached hydrogen (secondary N) is 1. The van der Waals surface area contributed by atoms with Gasteiger partial charge in [0.25, 0.3) is 5.91 Å². The van der Waals surface area contributed by atoms with E-state index in [-0.39, 0.29) is 11.9 Å². The minimum Gasteiger partial charge on any atom is -0.508 e. The lowest BCUT2D eigenvalue weighted by atomic mass is 10.0. The molecule has 148 valence electrons. The maximum atomic E-state index is 12.8. The molecule has 4 rings (SSSR count). The van der Waals surface area contributed by atoms with E-state index in [4.69, 9.17) is 0 Å². The number of pyridine rings is 1. The van der Waals surface area contributed by atoms with Gasteiger partial charge in [0.15, 0.2) is 0 Å². The number of aromatic hydroxyl groups is 1. The third-order valence-corrected chi connectivity index (χ3v) is 5.30. The summed E-state index contributed by atoms with van der Waals surface area (Å²) in [7, 11) is 0. The number of hydrogen-bond acceptors (Lipinski definition) is 4. The Labute approximate surface area is 171 Å². The summed E-state index contributed by atoms with van der Waals surface area (Å²) < 4.78 is 0. The highest BCUT2D eigenvalue weighted by molar-refractivity contribution is 5.95. The Morgan fingerprint density at radius 3 is 2.72 bits per heavy atom. The summed E-state index contributed by atoms with van der Waals surface area (Å²) in [5.74, 6) is 0.253. The molecule has 5 nitrogen and oxygen atoms in total. The fraction of sp³-hybridized carbons (Fsp3) is 0.250. The summed E-state index contributed by atoms with van der Waals surface area (Å²) in [6.07, 6.45) is 5.53. The fourth-order valence-corrected chi connectivity index (χ4v) is 3.88. The van der Waals surface area contributed by atoms with E-state index in [2.05, 4.69) is 15.2 Å². The normalized spacial score (nSPS) is 17.0. The molecule has 1 aromatic heterocycles. The van der Waals surface area contributed by atoms with Crippen LogP contribution in [-0.2, 0) is 6.54 Å². The minimum absolute atomic E-state index is 0.0369. The number of rotatable bonds is 5. The molecule has 1 amide bonds. The molecule has 1 atom stereocenters. The Bertz CT molecular complexity index is 975. The van der Waals surface area contributed by atoms with Crippen LogP contribution < -0.4 is 5.32 Å². The van der Waals surface area contributed by atoms with E-state index in [1.807, 2.05) is 48.5 Å². The number of carbonyl (C=O) groups excluding carboxylic acids is 1. The zero-order chi connectivity index (χ0) is 20.1. The molecule has 0 aliphatic carbocycles. The van der Waals surface area contributed by atoms with Crippen LogP contribution in [0.5, 0.6) is 5.75 Å². The maximum absolute atomic E-state index is 12.8. The Hall–Kier alpha value is -3.18. The Morgan fingerprint density at radius 1 is 1.07 bits per heavy atom. The largest absolute Gasteiger partial charge is 0.508 e. The van der Waals surface area contributed by atoms with Gasteiger partial charge in [-0.3, -0.25) is 14.7 Å². The number of aromatic nitrogens is 1. The van der Waals surface area contributed by atoms with Crippen LogP contribution in [0.1, 0.15) is 28.8 Å². The molecule has 1 fully saturated rings. The minimum atomic E-state index is -0.0369. The smallest absolute Gasteiger partial charge is 0.251 e. The molecule has 0 radical (unpaired) electrons. The van der Waals surface area contributed by atoms with Gasteiger partial charge in [0, 0.05) is 37.1 Å². The van der Waals surface area contributed by atoms with Crippen LogP contribution in [0.15, 0.2) is 73.1 Å². The molecule has 1 aliphatic rings. The fourth-order valence-electron chi connectivity index (χ4n) is 3.88. The molecule has 0 unspecified atom stereocenters. The van der Waals surface area contributed by atoms with Crippen molar-refractivity contribution in [3.05, 3.63) is 84.2 Å².